The van der Waals surface area contributed by atoms with Crippen molar-refractivity contribution in [2.45, 2.75) is 64.6 Å². The van der Waals surface area contributed by atoms with E-state index in [1.165, 1.54) is 24.4 Å². The van der Waals surface area contributed by atoms with Crippen LogP contribution in [0.15, 0.2) is 126 Å². The molecule has 0 bridgehead atoms. The summed E-state index contributed by atoms with van der Waals surface area (Å²) in [4.78, 5) is 46.7. The minimum Gasteiger partial charge on any atom is -0.481 e. The lowest BCUT2D eigenvalue weighted by Crippen LogP contribution is -2.44. The zero-order valence-corrected chi connectivity index (χ0v) is 37.5. The quantitative estimate of drug-likeness (QED) is 0.0478. The number of hydrogen-bond acceptors (Lipinski definition) is 13. The van der Waals surface area contributed by atoms with Gasteiger partial charge in [-0.2, -0.15) is 20.5 Å². The van der Waals surface area contributed by atoms with Gasteiger partial charge in [0.1, 0.15) is 0 Å². The summed E-state index contributed by atoms with van der Waals surface area (Å²) in [7, 11) is 3.05. The number of carboxylic acids is 2. The second-order valence-electron chi connectivity index (χ2n) is 16.2. The number of H-pyrrole nitrogens is 1. The first-order valence-corrected chi connectivity index (χ1v) is 21.1. The van der Waals surface area contributed by atoms with Crippen LogP contribution in [0, 0.1) is 10.8 Å². The van der Waals surface area contributed by atoms with E-state index >= 15 is 0 Å². The number of ether oxygens (including phenoxy) is 3. The Hall–Kier alpha value is -6.82. The highest BCUT2D eigenvalue weighted by atomic mass is 16.5. The number of nitrogens with one attached hydrogen (secondary N) is 3. The monoisotopic (exact) mass is 892 g/mol. The molecule has 5 atom stereocenters. The highest BCUT2D eigenvalue weighted by Crippen LogP contribution is 2.29. The summed E-state index contributed by atoms with van der Waals surface area (Å²) in [6.07, 6.45) is 3.20. The number of esters is 1. The molecule has 7 N–H and O–H groups in total. The molecule has 2 heterocycles. The second-order valence-corrected chi connectivity index (χ2v) is 16.2. The van der Waals surface area contributed by atoms with Crippen LogP contribution in [0.3, 0.4) is 0 Å². The number of aromatic nitrogens is 3. The van der Waals surface area contributed by atoms with E-state index in [-0.39, 0.29) is 37.3 Å². The van der Waals surface area contributed by atoms with Crippen molar-refractivity contribution >= 4 is 23.8 Å². The molecule has 346 valence electrons. The van der Waals surface area contributed by atoms with Crippen LogP contribution in [0.25, 0.3) is 22.3 Å². The fourth-order valence-corrected chi connectivity index (χ4v) is 7.21. The SMILES string of the molecule is CCOC(=O)[C@](C)(COC)C[C@H](N)Cc1ccc(-c2ccccc2)cc1.COC[C@](C)(C[C@@H](Cc1ccc(-c2ccccc2)cc1)NC(=O)c1cn[nH]n1)C(=O)O.O=C(O)C1CN=NN1. The van der Waals surface area contributed by atoms with Gasteiger partial charge < -0.3 is 35.5 Å². The van der Waals surface area contributed by atoms with E-state index in [1.807, 2.05) is 79.7 Å². The van der Waals surface area contributed by atoms with Crippen LogP contribution >= 0.6 is 0 Å². The Labute approximate surface area is 379 Å². The molecule has 5 aromatic rings. The van der Waals surface area contributed by atoms with Gasteiger partial charge in [0, 0.05) is 26.3 Å². The fraction of sp³-hybridized carbons (Fsp3) is 0.375. The minimum atomic E-state index is -1.15. The third kappa shape index (κ3) is 16.0. The van der Waals surface area contributed by atoms with Crippen molar-refractivity contribution < 1.29 is 43.6 Å². The van der Waals surface area contributed by atoms with Gasteiger partial charge in [0.15, 0.2) is 11.7 Å². The minimum absolute atomic E-state index is 0.0333. The molecular weight excluding hydrogens is 833 g/mol. The van der Waals surface area contributed by atoms with Crippen molar-refractivity contribution in [3.63, 3.8) is 0 Å². The van der Waals surface area contributed by atoms with Gasteiger partial charge in [0.05, 0.1) is 43.4 Å². The molecule has 0 aliphatic carbocycles. The lowest BCUT2D eigenvalue weighted by molar-refractivity contribution is -0.158. The molecule has 17 heteroatoms. The van der Waals surface area contributed by atoms with E-state index in [4.69, 9.17) is 25.1 Å². The van der Waals surface area contributed by atoms with Crippen molar-refractivity contribution in [2.24, 2.45) is 26.9 Å². The van der Waals surface area contributed by atoms with E-state index in [2.05, 4.69) is 72.9 Å². The Morgan fingerprint density at radius 3 is 1.72 bits per heavy atom. The molecule has 1 amide bonds. The Balaban J connectivity index is 0.000000245. The molecule has 0 saturated heterocycles. The van der Waals surface area contributed by atoms with E-state index < -0.39 is 40.8 Å². The molecule has 0 saturated carbocycles. The maximum absolute atomic E-state index is 12.5. The number of rotatable bonds is 20. The summed E-state index contributed by atoms with van der Waals surface area (Å²) in [5, 5.41) is 37.4. The first-order valence-electron chi connectivity index (χ1n) is 21.1. The van der Waals surface area contributed by atoms with Crippen LogP contribution in [-0.2, 0) is 41.4 Å². The van der Waals surface area contributed by atoms with Crippen molar-refractivity contribution in [1.29, 1.82) is 0 Å². The number of carbonyl (C=O) groups excluding carboxylic acids is 2. The number of hydrogen-bond donors (Lipinski definition) is 6. The summed E-state index contributed by atoms with van der Waals surface area (Å²) >= 11 is 0. The Bertz CT molecular complexity index is 2240. The molecule has 0 fully saturated rings. The number of benzene rings is 4. The van der Waals surface area contributed by atoms with Gasteiger partial charge in [0.2, 0.25) is 0 Å². The van der Waals surface area contributed by atoms with E-state index in [0.717, 1.165) is 22.3 Å². The van der Waals surface area contributed by atoms with Gasteiger partial charge >= 0.3 is 17.9 Å². The van der Waals surface area contributed by atoms with Crippen molar-refractivity contribution in [2.75, 3.05) is 40.6 Å². The largest absolute Gasteiger partial charge is 0.481 e. The number of carbonyl (C=O) groups is 4. The van der Waals surface area contributed by atoms with E-state index in [9.17, 15) is 24.3 Å². The predicted molar refractivity (Wildman–Crippen MR) is 245 cm³/mol. The van der Waals surface area contributed by atoms with Crippen LogP contribution in [0.1, 0.15) is 55.2 Å². The normalized spacial score (nSPS) is 15.5. The number of nitrogens with zero attached hydrogens (tertiary/aromatic N) is 4. The Kier molecular flexibility index (Phi) is 19.9. The molecule has 1 aromatic heterocycles. The van der Waals surface area contributed by atoms with Gasteiger partial charge in [-0.3, -0.25) is 19.8 Å². The maximum atomic E-state index is 12.5. The summed E-state index contributed by atoms with van der Waals surface area (Å²) in [5.74, 6) is -2.55. The highest BCUT2D eigenvalue weighted by molar-refractivity contribution is 5.92. The standard InChI is InChI=1S/C23H26N4O4.C22H29NO3.C3H5N3O2/c1-23(15-31-2,22(29)30)13-19(25-21(28)20-14-24-27-26-20)12-16-8-10-18(11-9-16)17-6-4-3-5-7-17;1-4-26-21(24)22(2,16-25-3)15-20(23)14-17-10-12-19(13-11-17)18-8-6-5-7-9-18;7-3(8)2-1-4-6-5-2/h3-11,14,19H,12-13,15H2,1-2H3,(H,25,28)(H,29,30)(H,24,26,27);5-13,20H,4,14-16,23H2,1-3H3;2H,1H2,(H,4,5)(H,7,8)/t19-,23+;20-,22+;/m11./s1. The van der Waals surface area contributed by atoms with Crippen molar-refractivity contribution in [3.8, 4) is 22.3 Å². The first kappa shape index (κ1) is 50.8. The number of carboxylic acid groups (broad SMARTS) is 2. The molecule has 6 rings (SSSR count). The van der Waals surface area contributed by atoms with Crippen LogP contribution < -0.4 is 16.5 Å². The molecule has 0 radical (unpaired) electrons. The molecule has 1 unspecified atom stereocenters. The van der Waals surface area contributed by atoms with Gasteiger partial charge in [-0.05, 0) is 79.8 Å². The topological polar surface area (TPSA) is 253 Å². The lowest BCUT2D eigenvalue weighted by Gasteiger charge is -2.29. The molecule has 4 aromatic carbocycles. The number of nitrogens with two attached hydrogens (primary N) is 1. The zero-order chi connectivity index (χ0) is 47.2. The van der Waals surface area contributed by atoms with Crippen molar-refractivity contribution in [3.05, 3.63) is 132 Å². The van der Waals surface area contributed by atoms with Gasteiger partial charge in [-0.25, -0.2) is 4.79 Å². The average molecular weight is 893 g/mol. The molecule has 1 aliphatic heterocycles. The van der Waals surface area contributed by atoms with Gasteiger partial charge in [-0.15, -0.1) is 0 Å². The third-order valence-corrected chi connectivity index (χ3v) is 10.6. The van der Waals surface area contributed by atoms with Crippen LogP contribution in [0.5, 0.6) is 0 Å². The van der Waals surface area contributed by atoms with E-state index in [0.29, 0.717) is 32.5 Å². The summed E-state index contributed by atoms with van der Waals surface area (Å²) in [6, 6.07) is 35.5. The van der Waals surface area contributed by atoms with Gasteiger partial charge in [-0.1, -0.05) is 114 Å². The highest BCUT2D eigenvalue weighted by Gasteiger charge is 2.38. The lowest BCUT2D eigenvalue weighted by atomic mass is 9.82. The van der Waals surface area contributed by atoms with Crippen LogP contribution in [-0.4, -0.2) is 108 Å². The van der Waals surface area contributed by atoms with Crippen LogP contribution in [0.4, 0.5) is 0 Å². The van der Waals surface area contributed by atoms with Crippen molar-refractivity contribution in [1.82, 2.24) is 26.2 Å². The molecular formula is C48H60N8O9. The predicted octanol–water partition coefficient (Wildman–Crippen LogP) is 6.18. The first-order chi connectivity index (χ1) is 31.2. The molecule has 65 heavy (non-hydrogen) atoms. The summed E-state index contributed by atoms with van der Waals surface area (Å²) in [5.41, 5.74) is 13.6. The smallest absolute Gasteiger partial charge is 0.329 e. The molecule has 1 aliphatic rings. The average Bonchev–Trinajstić information content (AvgIpc) is 4.05. The number of aliphatic carboxylic acids is 2. The zero-order valence-electron chi connectivity index (χ0n) is 37.5. The molecule has 17 nitrogen and oxygen atoms in total. The summed E-state index contributed by atoms with van der Waals surface area (Å²) < 4.78 is 15.6. The summed E-state index contributed by atoms with van der Waals surface area (Å²) in [6.45, 7) is 6.21. The second kappa shape index (κ2) is 25.5. The number of methoxy groups -OCH3 is 2. The number of aromatic amines is 1. The van der Waals surface area contributed by atoms with Gasteiger partial charge in [0.25, 0.3) is 5.91 Å². The Morgan fingerprint density at radius 1 is 0.769 bits per heavy atom. The van der Waals surface area contributed by atoms with E-state index in [1.54, 1.807) is 21.0 Å². The fourth-order valence-electron chi connectivity index (χ4n) is 7.21. The third-order valence-electron chi connectivity index (χ3n) is 10.6. The Morgan fingerprint density at radius 2 is 1.29 bits per heavy atom. The maximum Gasteiger partial charge on any atom is 0.329 e. The number of amides is 1. The van der Waals surface area contributed by atoms with Crippen LogP contribution in [0.2, 0.25) is 0 Å². The molecule has 0 spiro atoms.